The molecule has 4 nitrogen and oxygen atoms in total. The Morgan fingerprint density at radius 2 is 2.38 bits per heavy atom. The lowest BCUT2D eigenvalue weighted by atomic mass is 10.4. The summed E-state index contributed by atoms with van der Waals surface area (Å²) in [4.78, 5) is 8.71. The highest BCUT2D eigenvalue weighted by Gasteiger charge is 2.27. The molecular formula is C10H12N4S2. The third kappa shape index (κ3) is 2.38. The Bertz CT molecular complexity index is 447. The van der Waals surface area contributed by atoms with Gasteiger partial charge in [0.1, 0.15) is 5.82 Å². The van der Waals surface area contributed by atoms with Crippen LogP contribution in [-0.4, -0.2) is 20.9 Å². The molecule has 16 heavy (non-hydrogen) atoms. The molecular weight excluding hydrogens is 240 g/mol. The third-order valence-electron chi connectivity index (χ3n) is 2.48. The lowest BCUT2D eigenvalue weighted by Gasteiger charge is -1.98. The molecule has 0 amide bonds. The molecule has 0 atom stereocenters. The van der Waals surface area contributed by atoms with Gasteiger partial charge in [0, 0.05) is 42.0 Å². The minimum absolute atomic E-state index is 0.644. The number of anilines is 1. The highest BCUT2D eigenvalue weighted by Crippen LogP contribution is 2.39. The number of rotatable bonds is 5. The fourth-order valence-electron chi connectivity index (χ4n) is 1.47. The Hall–Kier alpha value is -1.01. The maximum atomic E-state index is 4.47. The highest BCUT2D eigenvalue weighted by molar-refractivity contribution is 7.09. The molecule has 0 aliphatic heterocycles. The smallest absolute Gasteiger partial charge is 0.202 e. The number of thiazole rings is 1. The molecule has 1 saturated carbocycles. The van der Waals surface area contributed by atoms with Gasteiger partial charge in [0.25, 0.3) is 0 Å². The predicted octanol–water partition coefficient (Wildman–Crippen LogP) is 2.53. The zero-order valence-corrected chi connectivity index (χ0v) is 10.4. The van der Waals surface area contributed by atoms with E-state index in [1.807, 2.05) is 11.6 Å². The van der Waals surface area contributed by atoms with E-state index in [1.165, 1.54) is 29.4 Å². The molecule has 2 heterocycles. The van der Waals surface area contributed by atoms with Crippen molar-refractivity contribution in [3.05, 3.63) is 22.4 Å². The maximum absolute atomic E-state index is 4.47. The summed E-state index contributed by atoms with van der Waals surface area (Å²) < 4.78 is 4.35. The Balaban J connectivity index is 1.50. The van der Waals surface area contributed by atoms with Crippen molar-refractivity contribution in [1.29, 1.82) is 0 Å². The molecule has 0 saturated heterocycles. The van der Waals surface area contributed by atoms with E-state index in [4.69, 9.17) is 0 Å². The number of hydrogen-bond acceptors (Lipinski definition) is 6. The molecule has 0 radical (unpaired) electrons. The first-order chi connectivity index (χ1) is 7.92. The van der Waals surface area contributed by atoms with Gasteiger partial charge in [-0.2, -0.15) is 4.37 Å². The van der Waals surface area contributed by atoms with Crippen molar-refractivity contribution in [2.75, 3.05) is 11.9 Å². The van der Waals surface area contributed by atoms with Crippen molar-refractivity contribution in [2.24, 2.45) is 0 Å². The Morgan fingerprint density at radius 3 is 3.12 bits per heavy atom. The van der Waals surface area contributed by atoms with E-state index < -0.39 is 0 Å². The Morgan fingerprint density at radius 1 is 1.44 bits per heavy atom. The molecule has 6 heteroatoms. The van der Waals surface area contributed by atoms with Crippen LogP contribution >= 0.6 is 22.9 Å². The second-order valence-electron chi connectivity index (χ2n) is 3.83. The Labute approximate surface area is 102 Å². The van der Waals surface area contributed by atoms with Crippen LogP contribution in [0.3, 0.4) is 0 Å². The third-order valence-corrected chi connectivity index (χ3v) is 4.01. The monoisotopic (exact) mass is 252 g/mol. The van der Waals surface area contributed by atoms with E-state index >= 15 is 0 Å². The number of aromatic nitrogens is 3. The first-order valence-corrected chi connectivity index (χ1v) is 7.03. The van der Waals surface area contributed by atoms with Gasteiger partial charge in [0.15, 0.2) is 0 Å². The van der Waals surface area contributed by atoms with Crippen molar-refractivity contribution in [3.63, 3.8) is 0 Å². The van der Waals surface area contributed by atoms with Crippen LogP contribution in [0.2, 0.25) is 0 Å². The van der Waals surface area contributed by atoms with Crippen molar-refractivity contribution in [3.8, 4) is 0 Å². The lowest BCUT2D eigenvalue weighted by Crippen LogP contribution is -2.04. The molecule has 0 unspecified atom stereocenters. The van der Waals surface area contributed by atoms with Crippen molar-refractivity contribution < 1.29 is 0 Å². The number of nitrogens with zero attached hydrogens (tertiary/aromatic N) is 3. The van der Waals surface area contributed by atoms with Crippen LogP contribution in [0, 0.1) is 0 Å². The van der Waals surface area contributed by atoms with Crippen LogP contribution in [0.25, 0.3) is 0 Å². The second-order valence-corrected chi connectivity index (χ2v) is 5.57. The van der Waals surface area contributed by atoms with Gasteiger partial charge in [-0.05, 0) is 12.8 Å². The van der Waals surface area contributed by atoms with Gasteiger partial charge in [-0.15, -0.1) is 11.3 Å². The van der Waals surface area contributed by atoms with Crippen molar-refractivity contribution in [1.82, 2.24) is 14.3 Å². The van der Waals surface area contributed by atoms with E-state index in [1.54, 1.807) is 11.3 Å². The maximum Gasteiger partial charge on any atom is 0.202 e. The van der Waals surface area contributed by atoms with E-state index in [0.717, 1.165) is 23.9 Å². The zero-order valence-electron chi connectivity index (χ0n) is 8.72. The first-order valence-electron chi connectivity index (χ1n) is 5.37. The molecule has 3 rings (SSSR count). The van der Waals surface area contributed by atoms with Crippen LogP contribution < -0.4 is 5.32 Å². The molecule has 1 N–H and O–H groups in total. The van der Waals surface area contributed by atoms with Crippen LogP contribution in [-0.2, 0) is 6.42 Å². The fourth-order valence-corrected chi connectivity index (χ4v) is 2.76. The van der Waals surface area contributed by atoms with Crippen LogP contribution in [0.5, 0.6) is 0 Å². The van der Waals surface area contributed by atoms with Gasteiger partial charge >= 0.3 is 0 Å². The molecule has 0 aromatic carbocycles. The standard InChI is InChI=1S/C10H12N4S2/c1-2-7(1)9-13-10(16-14-9)12-4-3-8-11-5-6-15-8/h5-7H,1-4H2,(H,12,13,14). The van der Waals surface area contributed by atoms with Gasteiger partial charge in [-0.1, -0.05) is 0 Å². The molecule has 2 aromatic heterocycles. The van der Waals surface area contributed by atoms with Crippen molar-refractivity contribution >= 4 is 28.0 Å². The summed E-state index contributed by atoms with van der Waals surface area (Å²) in [5.41, 5.74) is 0. The summed E-state index contributed by atoms with van der Waals surface area (Å²) in [7, 11) is 0. The quantitative estimate of drug-likeness (QED) is 0.888. The van der Waals surface area contributed by atoms with Crippen LogP contribution in [0.1, 0.15) is 29.6 Å². The summed E-state index contributed by atoms with van der Waals surface area (Å²) in [6.07, 6.45) is 5.32. The predicted molar refractivity (Wildman–Crippen MR) is 66.2 cm³/mol. The molecule has 1 aliphatic carbocycles. The molecule has 1 fully saturated rings. The summed E-state index contributed by atoms with van der Waals surface area (Å²) in [5.74, 6) is 1.67. The minimum atomic E-state index is 0.644. The van der Waals surface area contributed by atoms with Crippen LogP contribution in [0.4, 0.5) is 5.13 Å². The summed E-state index contributed by atoms with van der Waals surface area (Å²) in [6.45, 7) is 0.882. The molecule has 84 valence electrons. The number of hydrogen-bond donors (Lipinski definition) is 1. The van der Waals surface area contributed by atoms with Gasteiger partial charge < -0.3 is 5.32 Å². The van der Waals surface area contributed by atoms with Gasteiger partial charge in [-0.25, -0.2) is 9.97 Å². The lowest BCUT2D eigenvalue weighted by molar-refractivity contribution is 0.963. The van der Waals surface area contributed by atoms with Gasteiger partial charge in [-0.3, -0.25) is 0 Å². The normalized spacial score (nSPS) is 15.2. The average Bonchev–Trinajstić information content (AvgIpc) is 2.83. The largest absolute Gasteiger partial charge is 0.360 e. The van der Waals surface area contributed by atoms with Gasteiger partial charge in [0.2, 0.25) is 5.13 Å². The summed E-state index contributed by atoms with van der Waals surface area (Å²) >= 11 is 3.16. The van der Waals surface area contributed by atoms with Crippen molar-refractivity contribution in [2.45, 2.75) is 25.2 Å². The molecule has 0 bridgehead atoms. The minimum Gasteiger partial charge on any atom is -0.360 e. The fraction of sp³-hybridized carbons (Fsp3) is 0.500. The average molecular weight is 252 g/mol. The second kappa shape index (κ2) is 4.47. The summed E-state index contributed by atoms with van der Waals surface area (Å²) in [6, 6.07) is 0. The van der Waals surface area contributed by atoms with E-state index in [2.05, 4.69) is 19.7 Å². The topological polar surface area (TPSA) is 50.7 Å². The van der Waals surface area contributed by atoms with E-state index in [-0.39, 0.29) is 0 Å². The highest BCUT2D eigenvalue weighted by atomic mass is 32.1. The van der Waals surface area contributed by atoms with Crippen LogP contribution in [0.15, 0.2) is 11.6 Å². The molecule has 1 aliphatic rings. The Kier molecular flexibility index (Phi) is 2.84. The zero-order chi connectivity index (χ0) is 10.8. The summed E-state index contributed by atoms with van der Waals surface area (Å²) in [5, 5.41) is 7.41. The van der Waals surface area contributed by atoms with E-state index in [9.17, 15) is 0 Å². The molecule has 0 spiro atoms. The molecule has 2 aromatic rings. The SMILES string of the molecule is c1csc(CCNc2nc(C3CC3)ns2)n1. The first kappa shape index (κ1) is 10.2. The van der Waals surface area contributed by atoms with E-state index in [0.29, 0.717) is 5.92 Å². The van der Waals surface area contributed by atoms with Gasteiger partial charge in [0.05, 0.1) is 5.01 Å². The number of nitrogens with one attached hydrogen (secondary N) is 1.